The second-order valence-corrected chi connectivity index (χ2v) is 7.44. The lowest BCUT2D eigenvalue weighted by atomic mass is 10.2. The Bertz CT molecular complexity index is 1160. The highest BCUT2D eigenvalue weighted by atomic mass is 32.1. The minimum absolute atomic E-state index is 0.00193. The molecule has 0 atom stereocenters. The summed E-state index contributed by atoms with van der Waals surface area (Å²) in [5.41, 5.74) is 0.532. The zero-order chi connectivity index (χ0) is 22.9. The van der Waals surface area contributed by atoms with Crippen molar-refractivity contribution >= 4 is 40.5 Å². The van der Waals surface area contributed by atoms with Gasteiger partial charge in [0.25, 0.3) is 11.8 Å². The van der Waals surface area contributed by atoms with Gasteiger partial charge in [-0.05, 0) is 41.8 Å². The fraction of sp³-hybridized carbons (Fsp3) is 0.130. The van der Waals surface area contributed by atoms with Crippen LogP contribution in [0.25, 0.3) is 0 Å². The Labute approximate surface area is 187 Å². The second kappa shape index (κ2) is 10.8. The first-order valence-corrected chi connectivity index (χ1v) is 10.4. The van der Waals surface area contributed by atoms with Crippen molar-refractivity contribution in [1.82, 2.24) is 0 Å². The highest BCUT2D eigenvalue weighted by Crippen LogP contribution is 2.20. The molecule has 0 saturated heterocycles. The van der Waals surface area contributed by atoms with Gasteiger partial charge in [-0.15, -0.1) is 11.3 Å². The molecule has 1 N–H and O–H groups in total. The maximum Gasteiger partial charge on any atom is 0.338 e. The standard InChI is InChI=1S/C23H18FN3O4S/c24-18-8-1-2-9-19(18)27(12-5-11-25)21(28)15-31-23(30)16-6-3-7-17(14-16)26-22(29)20-10-4-13-32-20/h1-4,6-10,13-14H,5,12,15H2,(H,26,29). The van der Waals surface area contributed by atoms with Gasteiger partial charge in [0.15, 0.2) is 6.61 Å². The van der Waals surface area contributed by atoms with Crippen LogP contribution < -0.4 is 10.2 Å². The van der Waals surface area contributed by atoms with Crippen molar-refractivity contribution in [2.24, 2.45) is 0 Å². The maximum absolute atomic E-state index is 14.1. The second-order valence-electron chi connectivity index (χ2n) is 6.49. The van der Waals surface area contributed by atoms with Crippen LogP contribution in [0.15, 0.2) is 66.0 Å². The molecule has 2 amide bonds. The number of para-hydroxylation sites is 1. The highest BCUT2D eigenvalue weighted by Gasteiger charge is 2.21. The number of halogens is 1. The van der Waals surface area contributed by atoms with E-state index in [1.165, 1.54) is 41.7 Å². The molecule has 0 aliphatic carbocycles. The van der Waals surface area contributed by atoms with Crippen molar-refractivity contribution in [3.05, 3.63) is 82.3 Å². The molecule has 2 aromatic carbocycles. The predicted octanol–water partition coefficient (Wildman–Crippen LogP) is 4.24. The highest BCUT2D eigenvalue weighted by molar-refractivity contribution is 7.12. The number of amides is 2. The fourth-order valence-corrected chi connectivity index (χ4v) is 3.44. The van der Waals surface area contributed by atoms with E-state index < -0.39 is 24.3 Å². The zero-order valence-electron chi connectivity index (χ0n) is 16.8. The van der Waals surface area contributed by atoms with Crippen molar-refractivity contribution < 1.29 is 23.5 Å². The summed E-state index contributed by atoms with van der Waals surface area (Å²) in [6.07, 6.45) is -0.0139. The fourth-order valence-electron chi connectivity index (χ4n) is 2.82. The van der Waals surface area contributed by atoms with Gasteiger partial charge < -0.3 is 15.0 Å². The van der Waals surface area contributed by atoms with Crippen molar-refractivity contribution in [3.63, 3.8) is 0 Å². The molecular formula is C23H18FN3O4S. The molecule has 162 valence electrons. The third kappa shape index (κ3) is 5.77. The van der Waals surface area contributed by atoms with E-state index in [1.54, 1.807) is 35.7 Å². The first-order valence-electron chi connectivity index (χ1n) is 9.53. The third-order valence-corrected chi connectivity index (χ3v) is 5.19. The lowest BCUT2D eigenvalue weighted by molar-refractivity contribution is -0.121. The van der Waals surface area contributed by atoms with E-state index in [0.29, 0.717) is 10.6 Å². The monoisotopic (exact) mass is 451 g/mol. The van der Waals surface area contributed by atoms with E-state index in [0.717, 1.165) is 4.90 Å². The zero-order valence-corrected chi connectivity index (χ0v) is 17.6. The average molecular weight is 451 g/mol. The van der Waals surface area contributed by atoms with Crippen LogP contribution in [0.4, 0.5) is 15.8 Å². The quantitative estimate of drug-likeness (QED) is 0.517. The summed E-state index contributed by atoms with van der Waals surface area (Å²) in [5.74, 6) is -2.38. The van der Waals surface area contributed by atoms with Crippen LogP contribution in [0.5, 0.6) is 0 Å². The molecule has 0 unspecified atom stereocenters. The minimum atomic E-state index is -0.778. The molecule has 0 aliphatic rings. The van der Waals surface area contributed by atoms with Crippen LogP contribution in [0.1, 0.15) is 26.5 Å². The van der Waals surface area contributed by atoms with Gasteiger partial charge in [0.2, 0.25) is 0 Å². The normalized spacial score (nSPS) is 10.1. The van der Waals surface area contributed by atoms with E-state index >= 15 is 0 Å². The number of carbonyl (C=O) groups is 3. The van der Waals surface area contributed by atoms with Crippen LogP contribution in [0.2, 0.25) is 0 Å². The summed E-state index contributed by atoms with van der Waals surface area (Å²) < 4.78 is 19.2. The number of hydrogen-bond acceptors (Lipinski definition) is 6. The number of benzene rings is 2. The Kier molecular flexibility index (Phi) is 7.67. The Balaban J connectivity index is 1.65. The topological polar surface area (TPSA) is 99.5 Å². The molecule has 0 fully saturated rings. The number of thiophene rings is 1. The number of rotatable bonds is 8. The Morgan fingerprint density at radius 3 is 2.62 bits per heavy atom. The van der Waals surface area contributed by atoms with E-state index in [4.69, 9.17) is 10.00 Å². The lowest BCUT2D eigenvalue weighted by Crippen LogP contribution is -2.36. The smallest absolute Gasteiger partial charge is 0.338 e. The summed E-state index contributed by atoms with van der Waals surface area (Å²) in [6, 6.07) is 17.1. The molecule has 32 heavy (non-hydrogen) atoms. The molecule has 0 bridgehead atoms. The summed E-state index contributed by atoms with van der Waals surface area (Å²) in [7, 11) is 0. The molecule has 1 aromatic heterocycles. The molecule has 1 heterocycles. The summed E-state index contributed by atoms with van der Waals surface area (Å²) in [5, 5.41) is 13.3. The summed E-state index contributed by atoms with van der Waals surface area (Å²) in [4.78, 5) is 38.8. The number of nitriles is 1. The Morgan fingerprint density at radius 1 is 1.09 bits per heavy atom. The number of esters is 1. The van der Waals surface area contributed by atoms with Gasteiger partial charge in [-0.2, -0.15) is 5.26 Å². The van der Waals surface area contributed by atoms with Gasteiger partial charge in [0.05, 0.1) is 28.6 Å². The molecule has 0 saturated carbocycles. The number of nitrogens with one attached hydrogen (secondary N) is 1. The van der Waals surface area contributed by atoms with Crippen LogP contribution in [-0.2, 0) is 9.53 Å². The van der Waals surface area contributed by atoms with Crippen molar-refractivity contribution in [2.45, 2.75) is 6.42 Å². The number of nitrogens with zero attached hydrogens (tertiary/aromatic N) is 2. The molecule has 7 nitrogen and oxygen atoms in total. The first kappa shape index (κ1) is 22.7. The van der Waals surface area contributed by atoms with E-state index in [9.17, 15) is 18.8 Å². The van der Waals surface area contributed by atoms with Gasteiger partial charge in [0, 0.05) is 12.2 Å². The lowest BCUT2D eigenvalue weighted by Gasteiger charge is -2.22. The first-order chi connectivity index (χ1) is 15.5. The summed E-state index contributed by atoms with van der Waals surface area (Å²) >= 11 is 1.29. The molecule has 3 rings (SSSR count). The number of carbonyl (C=O) groups excluding carboxylic acids is 3. The van der Waals surface area contributed by atoms with Crippen LogP contribution in [0.3, 0.4) is 0 Å². The summed E-state index contributed by atoms with van der Waals surface area (Å²) in [6.45, 7) is -0.678. The van der Waals surface area contributed by atoms with E-state index in [-0.39, 0.29) is 30.1 Å². The number of anilines is 2. The van der Waals surface area contributed by atoms with Crippen LogP contribution in [-0.4, -0.2) is 30.9 Å². The van der Waals surface area contributed by atoms with E-state index in [1.807, 2.05) is 6.07 Å². The SMILES string of the molecule is N#CCCN(C(=O)COC(=O)c1cccc(NC(=O)c2cccs2)c1)c1ccccc1F. The molecular weight excluding hydrogens is 433 g/mol. The predicted molar refractivity (Wildman–Crippen MR) is 118 cm³/mol. The Morgan fingerprint density at radius 2 is 1.91 bits per heavy atom. The van der Waals surface area contributed by atoms with Crippen LogP contribution >= 0.6 is 11.3 Å². The van der Waals surface area contributed by atoms with Crippen LogP contribution in [0, 0.1) is 17.1 Å². The molecule has 0 spiro atoms. The molecule has 0 aliphatic heterocycles. The maximum atomic E-state index is 14.1. The molecule has 9 heteroatoms. The average Bonchev–Trinajstić information content (AvgIpc) is 3.34. The molecule has 3 aromatic rings. The number of hydrogen-bond donors (Lipinski definition) is 1. The molecule has 0 radical (unpaired) electrons. The minimum Gasteiger partial charge on any atom is -0.452 e. The largest absolute Gasteiger partial charge is 0.452 e. The third-order valence-electron chi connectivity index (χ3n) is 4.32. The van der Waals surface area contributed by atoms with Gasteiger partial charge >= 0.3 is 5.97 Å². The van der Waals surface area contributed by atoms with Gasteiger partial charge in [-0.25, -0.2) is 9.18 Å². The Hall–Kier alpha value is -4.03. The van der Waals surface area contributed by atoms with Gasteiger partial charge in [-0.3, -0.25) is 9.59 Å². The number of ether oxygens (including phenoxy) is 1. The van der Waals surface area contributed by atoms with E-state index in [2.05, 4.69) is 5.32 Å². The van der Waals surface area contributed by atoms with Gasteiger partial charge in [-0.1, -0.05) is 24.3 Å². The van der Waals surface area contributed by atoms with Crippen molar-refractivity contribution in [3.8, 4) is 6.07 Å². The van der Waals surface area contributed by atoms with Crippen molar-refractivity contribution in [2.75, 3.05) is 23.4 Å². The van der Waals surface area contributed by atoms with Gasteiger partial charge in [0.1, 0.15) is 5.82 Å². The van der Waals surface area contributed by atoms with Crippen molar-refractivity contribution in [1.29, 1.82) is 5.26 Å².